The average molecular weight is 266 g/mol. The maximum absolute atomic E-state index is 11.1. The SMILES string of the molecule is CCC1CN(c2ncnc(N)c2[N+](=O)[O-])CCN1C. The lowest BCUT2D eigenvalue weighted by Crippen LogP contribution is -2.51. The van der Waals surface area contributed by atoms with Crippen LogP contribution in [0.4, 0.5) is 17.3 Å². The molecule has 0 spiro atoms. The first-order valence-corrected chi connectivity index (χ1v) is 6.24. The van der Waals surface area contributed by atoms with E-state index >= 15 is 0 Å². The Kier molecular flexibility index (Phi) is 3.79. The summed E-state index contributed by atoms with van der Waals surface area (Å²) in [5.41, 5.74) is 5.40. The van der Waals surface area contributed by atoms with Gasteiger partial charge < -0.3 is 10.6 Å². The Morgan fingerprint density at radius 1 is 1.53 bits per heavy atom. The summed E-state index contributed by atoms with van der Waals surface area (Å²) >= 11 is 0. The molecule has 1 aromatic rings. The number of likely N-dealkylation sites (N-methyl/N-ethyl adjacent to an activating group) is 1. The minimum Gasteiger partial charge on any atom is -0.378 e. The lowest BCUT2D eigenvalue weighted by Gasteiger charge is -2.39. The Labute approximate surface area is 111 Å². The molecular weight excluding hydrogens is 248 g/mol. The Balaban J connectivity index is 2.32. The first-order chi connectivity index (χ1) is 9.04. The monoisotopic (exact) mass is 266 g/mol. The quantitative estimate of drug-likeness (QED) is 0.627. The number of nitro groups is 1. The van der Waals surface area contributed by atoms with Crippen LogP contribution in [0.2, 0.25) is 0 Å². The van der Waals surface area contributed by atoms with E-state index in [1.165, 1.54) is 6.33 Å². The number of rotatable bonds is 3. The molecule has 104 valence electrons. The lowest BCUT2D eigenvalue weighted by atomic mass is 10.1. The molecule has 8 nitrogen and oxygen atoms in total. The third-order valence-electron chi connectivity index (χ3n) is 3.56. The summed E-state index contributed by atoms with van der Waals surface area (Å²) in [6.45, 7) is 4.36. The second-order valence-electron chi connectivity index (χ2n) is 4.68. The van der Waals surface area contributed by atoms with Crippen molar-refractivity contribution in [3.05, 3.63) is 16.4 Å². The van der Waals surface area contributed by atoms with Crippen LogP contribution in [0.3, 0.4) is 0 Å². The van der Waals surface area contributed by atoms with Crippen LogP contribution in [0.25, 0.3) is 0 Å². The van der Waals surface area contributed by atoms with Crippen LogP contribution in [0, 0.1) is 10.1 Å². The molecule has 0 bridgehead atoms. The van der Waals surface area contributed by atoms with Crippen molar-refractivity contribution < 1.29 is 4.92 Å². The van der Waals surface area contributed by atoms with Crippen LogP contribution in [0.5, 0.6) is 0 Å². The van der Waals surface area contributed by atoms with Gasteiger partial charge in [0.1, 0.15) is 6.33 Å². The Morgan fingerprint density at radius 3 is 2.89 bits per heavy atom. The maximum atomic E-state index is 11.1. The molecular formula is C11H18N6O2. The van der Waals surface area contributed by atoms with Gasteiger partial charge in [0.15, 0.2) is 0 Å². The van der Waals surface area contributed by atoms with Crippen LogP contribution >= 0.6 is 0 Å². The topological polar surface area (TPSA) is 101 Å². The zero-order valence-electron chi connectivity index (χ0n) is 11.1. The van der Waals surface area contributed by atoms with E-state index in [4.69, 9.17) is 5.73 Å². The Bertz CT molecular complexity index is 480. The summed E-state index contributed by atoms with van der Waals surface area (Å²) in [5.74, 6) is 0.242. The number of anilines is 2. The summed E-state index contributed by atoms with van der Waals surface area (Å²) in [4.78, 5) is 22.5. The number of hydrogen-bond acceptors (Lipinski definition) is 7. The summed E-state index contributed by atoms with van der Waals surface area (Å²) in [7, 11) is 2.06. The van der Waals surface area contributed by atoms with Crippen LogP contribution in [-0.2, 0) is 0 Å². The van der Waals surface area contributed by atoms with E-state index in [1.54, 1.807) is 0 Å². The van der Waals surface area contributed by atoms with Crippen molar-refractivity contribution in [3.8, 4) is 0 Å². The van der Waals surface area contributed by atoms with Crippen LogP contribution in [0.1, 0.15) is 13.3 Å². The standard InChI is InChI=1S/C11H18N6O2/c1-3-8-6-16(5-4-15(8)2)11-9(17(18)19)10(12)13-7-14-11/h7-8H,3-6H2,1-2H3,(H2,12,13,14). The van der Waals surface area contributed by atoms with Gasteiger partial charge in [0.05, 0.1) is 4.92 Å². The number of piperazine rings is 1. The van der Waals surface area contributed by atoms with E-state index in [9.17, 15) is 10.1 Å². The third kappa shape index (κ3) is 2.58. The van der Waals surface area contributed by atoms with Crippen molar-refractivity contribution in [2.75, 3.05) is 37.3 Å². The van der Waals surface area contributed by atoms with Crippen LogP contribution < -0.4 is 10.6 Å². The molecule has 1 aliphatic rings. The van der Waals surface area contributed by atoms with Crippen molar-refractivity contribution in [1.29, 1.82) is 0 Å². The van der Waals surface area contributed by atoms with Gasteiger partial charge in [-0.15, -0.1) is 0 Å². The molecule has 8 heteroatoms. The molecule has 1 aliphatic heterocycles. The molecule has 1 aromatic heterocycles. The predicted octanol–water partition coefficient (Wildman–Crippen LogP) is 0.497. The minimum atomic E-state index is -0.510. The van der Waals surface area contributed by atoms with Gasteiger partial charge in [-0.25, -0.2) is 9.97 Å². The molecule has 1 fully saturated rings. The van der Waals surface area contributed by atoms with Gasteiger partial charge in [0.25, 0.3) is 0 Å². The number of nitrogen functional groups attached to an aromatic ring is 1. The van der Waals surface area contributed by atoms with E-state index in [2.05, 4.69) is 28.8 Å². The number of nitrogens with two attached hydrogens (primary N) is 1. The molecule has 0 amide bonds. The first kappa shape index (κ1) is 13.5. The Hall–Kier alpha value is -1.96. The van der Waals surface area contributed by atoms with Crippen LogP contribution in [0.15, 0.2) is 6.33 Å². The van der Waals surface area contributed by atoms with Gasteiger partial charge in [-0.1, -0.05) is 6.92 Å². The molecule has 1 atom stereocenters. The molecule has 1 saturated heterocycles. The average Bonchev–Trinajstić information content (AvgIpc) is 2.38. The molecule has 0 aliphatic carbocycles. The molecule has 1 unspecified atom stereocenters. The first-order valence-electron chi connectivity index (χ1n) is 6.24. The van der Waals surface area contributed by atoms with Gasteiger partial charge in [0.2, 0.25) is 11.6 Å². The molecule has 2 rings (SSSR count). The maximum Gasteiger partial charge on any atom is 0.353 e. The molecule has 19 heavy (non-hydrogen) atoms. The third-order valence-corrected chi connectivity index (χ3v) is 3.56. The largest absolute Gasteiger partial charge is 0.378 e. The van der Waals surface area contributed by atoms with E-state index in [-0.39, 0.29) is 11.5 Å². The zero-order chi connectivity index (χ0) is 14.0. The zero-order valence-corrected chi connectivity index (χ0v) is 11.1. The Morgan fingerprint density at radius 2 is 2.26 bits per heavy atom. The van der Waals surface area contributed by atoms with Crippen molar-refractivity contribution in [3.63, 3.8) is 0 Å². The second-order valence-corrected chi connectivity index (χ2v) is 4.68. The predicted molar refractivity (Wildman–Crippen MR) is 72.0 cm³/mol. The van der Waals surface area contributed by atoms with Crippen molar-refractivity contribution >= 4 is 17.3 Å². The second kappa shape index (κ2) is 5.35. The highest BCUT2D eigenvalue weighted by atomic mass is 16.6. The van der Waals surface area contributed by atoms with Gasteiger partial charge in [-0.05, 0) is 13.5 Å². The molecule has 2 heterocycles. The summed E-state index contributed by atoms with van der Waals surface area (Å²) < 4.78 is 0. The van der Waals surface area contributed by atoms with E-state index in [1.807, 2.05) is 4.90 Å². The van der Waals surface area contributed by atoms with E-state index in [0.717, 1.165) is 13.0 Å². The van der Waals surface area contributed by atoms with E-state index < -0.39 is 4.92 Å². The fraction of sp³-hybridized carbons (Fsp3) is 0.636. The van der Waals surface area contributed by atoms with Gasteiger partial charge >= 0.3 is 5.69 Å². The van der Waals surface area contributed by atoms with Crippen LogP contribution in [-0.4, -0.2) is 52.5 Å². The smallest absolute Gasteiger partial charge is 0.353 e. The molecule has 0 aromatic carbocycles. The summed E-state index contributed by atoms with van der Waals surface area (Å²) in [6, 6.07) is 0.365. The highest BCUT2D eigenvalue weighted by Crippen LogP contribution is 2.31. The van der Waals surface area contributed by atoms with Gasteiger partial charge in [0, 0.05) is 25.7 Å². The van der Waals surface area contributed by atoms with Gasteiger partial charge in [-0.2, -0.15) is 0 Å². The van der Waals surface area contributed by atoms with Crippen molar-refractivity contribution in [2.45, 2.75) is 19.4 Å². The highest BCUT2D eigenvalue weighted by molar-refractivity contribution is 5.68. The number of aromatic nitrogens is 2. The lowest BCUT2D eigenvalue weighted by molar-refractivity contribution is -0.383. The number of hydrogen-bond donors (Lipinski definition) is 1. The minimum absolute atomic E-state index is 0.0815. The fourth-order valence-corrected chi connectivity index (χ4v) is 2.37. The van der Waals surface area contributed by atoms with E-state index in [0.29, 0.717) is 24.9 Å². The summed E-state index contributed by atoms with van der Waals surface area (Å²) in [5, 5.41) is 11.1. The molecule has 0 saturated carbocycles. The summed E-state index contributed by atoms with van der Waals surface area (Å²) in [6.07, 6.45) is 2.26. The fourth-order valence-electron chi connectivity index (χ4n) is 2.37. The number of nitrogens with zero attached hydrogens (tertiary/aromatic N) is 5. The normalized spacial score (nSPS) is 20.5. The molecule has 0 radical (unpaired) electrons. The van der Waals surface area contributed by atoms with Crippen molar-refractivity contribution in [2.24, 2.45) is 0 Å². The van der Waals surface area contributed by atoms with Crippen molar-refractivity contribution in [1.82, 2.24) is 14.9 Å². The highest BCUT2D eigenvalue weighted by Gasteiger charge is 2.30. The van der Waals surface area contributed by atoms with Gasteiger partial charge in [-0.3, -0.25) is 15.0 Å². The molecule has 2 N–H and O–H groups in total.